The molecule has 24 heteroatoms. The van der Waals surface area contributed by atoms with Crippen molar-refractivity contribution in [1.29, 1.82) is 0 Å². The molecule has 20 rings (SSSR count). The summed E-state index contributed by atoms with van der Waals surface area (Å²) in [5, 5.41) is 16.1. The molecule has 0 aliphatic carbocycles. The molecule has 5 atom stereocenters. The van der Waals surface area contributed by atoms with Crippen molar-refractivity contribution in [3.8, 4) is 0 Å². The van der Waals surface area contributed by atoms with Gasteiger partial charge in [0.15, 0.2) is 11.4 Å². The van der Waals surface area contributed by atoms with Gasteiger partial charge in [-0.2, -0.15) is 0 Å². The Balaban J connectivity index is 0.000000128. The molecule has 15 aromatic rings. The Bertz CT molecular complexity index is 7100. The second-order valence-electron chi connectivity index (χ2n) is 41.2. The Morgan fingerprint density at radius 1 is 0.437 bits per heavy atom. The van der Waals surface area contributed by atoms with Gasteiger partial charge in [-0.25, -0.2) is 4.39 Å². The first kappa shape index (κ1) is 102. The van der Waals surface area contributed by atoms with Crippen molar-refractivity contribution >= 4 is 78.0 Å². The molecular weight excluding hydrogens is 1770 g/mol. The van der Waals surface area contributed by atoms with Gasteiger partial charge in [0.05, 0.1) is 37.9 Å². The molecule has 0 saturated heterocycles. The SMILES string of the molecule is C=C(O)CCOC(C)(Cn1c2c(c3cc(C)ccc31)CN(C)CC2)c1cccnc1.CC(=O)CC(=O)OC(C)(Cn1c2c(c3cc(C)ccc31)CN(C)CC2)c1ccc(C)nc1.CC(=O)COC(C)(Cn1c2c(c3cc(C)ccc31)CN(C)CC2)c1cccnc1.Cc1ccc2c(c1)c1c(n2CC(C(N)=O)c2ccc(F)cc2)CCN(C)C1.Cc1ccc2c(c1)c1c(n2CC(C)c2ccncc2)CCN(C)C1. The number of aliphatic hydroxyl groups excluding tert-OH is 1. The molecule has 23 nitrogen and oxygen atoms in total. The monoisotopic (exact) mass is 1910 g/mol. The van der Waals surface area contributed by atoms with Gasteiger partial charge in [-0.3, -0.25) is 39.1 Å². The maximum atomic E-state index is 13.3. The zero-order valence-electron chi connectivity index (χ0n) is 86.0. The van der Waals surface area contributed by atoms with Crippen LogP contribution in [-0.2, 0) is 148 Å². The molecule has 5 aliphatic rings. The molecule has 742 valence electrons. The average Bonchev–Trinajstić information content (AvgIpc) is 1.61. The van der Waals surface area contributed by atoms with E-state index in [2.05, 4.69) is 274 Å². The van der Waals surface area contributed by atoms with E-state index in [-0.39, 0.29) is 36.2 Å². The van der Waals surface area contributed by atoms with Crippen molar-refractivity contribution in [2.24, 2.45) is 5.73 Å². The molecular formula is C118H140FN15O8. The molecule has 1 amide bonds. The summed E-state index contributed by atoms with van der Waals surface area (Å²) >= 11 is 0. The van der Waals surface area contributed by atoms with Crippen LogP contribution in [0.5, 0.6) is 0 Å². The largest absolute Gasteiger partial charge is 0.513 e. The molecule has 142 heavy (non-hydrogen) atoms. The number of halogens is 1. The predicted molar refractivity (Wildman–Crippen MR) is 564 cm³/mol. The van der Waals surface area contributed by atoms with Crippen molar-refractivity contribution < 1.29 is 42.9 Å². The Kier molecular flexibility index (Phi) is 31.5. The van der Waals surface area contributed by atoms with E-state index in [9.17, 15) is 28.7 Å². The minimum Gasteiger partial charge on any atom is -0.513 e. The third-order valence-corrected chi connectivity index (χ3v) is 29.3. The molecule has 3 N–H and O–H groups in total. The van der Waals surface area contributed by atoms with E-state index < -0.39 is 34.6 Å². The zero-order valence-corrected chi connectivity index (χ0v) is 86.0. The number of aliphatic hydroxyl groups is 1. The number of ether oxygens (including phenoxy) is 3. The lowest BCUT2D eigenvalue weighted by Gasteiger charge is -2.33. The van der Waals surface area contributed by atoms with E-state index >= 15 is 0 Å². The number of pyridine rings is 4. The molecule has 14 heterocycles. The van der Waals surface area contributed by atoms with Crippen LogP contribution in [-0.4, -0.2) is 177 Å². The fraction of sp³-hybridized carbons (Fsp3) is 0.390. The molecule has 0 radical (unpaired) electrons. The average molecular weight is 1920 g/mol. The molecule has 5 unspecified atom stereocenters. The van der Waals surface area contributed by atoms with Gasteiger partial charge >= 0.3 is 5.97 Å². The molecule has 6 aromatic carbocycles. The van der Waals surface area contributed by atoms with Crippen LogP contribution in [0, 0.1) is 47.4 Å². The van der Waals surface area contributed by atoms with Crippen LogP contribution in [0.25, 0.3) is 54.5 Å². The summed E-state index contributed by atoms with van der Waals surface area (Å²) in [5.74, 6) is -1.27. The molecule has 0 spiro atoms. The van der Waals surface area contributed by atoms with Crippen LogP contribution in [0.1, 0.15) is 184 Å². The summed E-state index contributed by atoms with van der Waals surface area (Å²) < 4.78 is 43.9. The number of likely N-dealkylation sites (N-methyl/N-ethyl adjacent to an activating group) is 5. The smallest absolute Gasteiger partial charge is 0.314 e. The Labute approximate surface area is 835 Å². The third-order valence-electron chi connectivity index (χ3n) is 29.3. The fourth-order valence-electron chi connectivity index (χ4n) is 21.6. The number of aromatic nitrogens is 9. The van der Waals surface area contributed by atoms with Gasteiger partial charge < -0.3 is 72.4 Å². The van der Waals surface area contributed by atoms with Crippen LogP contribution in [0.2, 0.25) is 0 Å². The van der Waals surface area contributed by atoms with Crippen LogP contribution >= 0.6 is 0 Å². The van der Waals surface area contributed by atoms with Gasteiger partial charge in [-0.15, -0.1) is 0 Å². The number of rotatable bonds is 26. The van der Waals surface area contributed by atoms with Gasteiger partial charge in [0.1, 0.15) is 35.8 Å². The van der Waals surface area contributed by atoms with Crippen LogP contribution in [0.3, 0.4) is 0 Å². The van der Waals surface area contributed by atoms with E-state index in [1.54, 1.807) is 37.6 Å². The third kappa shape index (κ3) is 23.0. The molecule has 5 aliphatic heterocycles. The number of benzene rings is 6. The van der Waals surface area contributed by atoms with E-state index in [1.807, 2.05) is 69.0 Å². The highest BCUT2D eigenvalue weighted by Crippen LogP contribution is 2.43. The van der Waals surface area contributed by atoms with E-state index in [0.29, 0.717) is 45.1 Å². The maximum Gasteiger partial charge on any atom is 0.314 e. The first-order valence-electron chi connectivity index (χ1n) is 50.0. The number of hydrogen-bond donors (Lipinski definition) is 2. The van der Waals surface area contributed by atoms with E-state index in [0.717, 1.165) is 143 Å². The number of esters is 1. The highest BCUT2D eigenvalue weighted by molar-refractivity contribution is 5.95. The second-order valence-corrected chi connectivity index (χ2v) is 41.2. The number of carbonyl (C=O) groups is 4. The van der Waals surface area contributed by atoms with Crippen LogP contribution in [0.15, 0.2) is 220 Å². The predicted octanol–water partition coefficient (Wildman–Crippen LogP) is 20.1. The summed E-state index contributed by atoms with van der Waals surface area (Å²) in [6, 6.07) is 55.5. The summed E-state index contributed by atoms with van der Waals surface area (Å²) in [5.41, 5.74) is 35.8. The first-order chi connectivity index (χ1) is 68.0. The quantitative estimate of drug-likeness (QED) is 0.0291. The summed E-state index contributed by atoms with van der Waals surface area (Å²) in [4.78, 5) is 77.1. The number of Topliss-reactive ketones (excluding diaryl/α,β-unsaturated/α-hetero) is 2. The summed E-state index contributed by atoms with van der Waals surface area (Å²) in [7, 11) is 10.9. The zero-order chi connectivity index (χ0) is 101. The molecule has 0 fully saturated rings. The lowest BCUT2D eigenvalue weighted by Crippen LogP contribution is -2.36. The van der Waals surface area contributed by atoms with Gasteiger partial charge in [0.2, 0.25) is 5.91 Å². The Morgan fingerprint density at radius 3 is 1.15 bits per heavy atom. The lowest BCUT2D eigenvalue weighted by molar-refractivity contribution is -0.161. The number of carbonyl (C=O) groups excluding carboxylic acids is 4. The molecule has 0 saturated carbocycles. The number of nitrogens with zero attached hydrogens (tertiary/aromatic N) is 14. The lowest BCUT2D eigenvalue weighted by atomic mass is 9.96. The Hall–Kier alpha value is -12.9. The van der Waals surface area contributed by atoms with Crippen molar-refractivity contribution in [2.75, 3.05) is 81.2 Å². The van der Waals surface area contributed by atoms with Crippen LogP contribution in [0.4, 0.5) is 4.39 Å². The highest BCUT2D eigenvalue weighted by atomic mass is 19.1. The van der Waals surface area contributed by atoms with Gasteiger partial charge in [0.25, 0.3) is 0 Å². The minimum absolute atomic E-state index is 0.0248. The van der Waals surface area contributed by atoms with Crippen LogP contribution < -0.4 is 5.73 Å². The summed E-state index contributed by atoms with van der Waals surface area (Å²) in [6.45, 7) is 41.4. The highest BCUT2D eigenvalue weighted by Gasteiger charge is 2.39. The van der Waals surface area contributed by atoms with Gasteiger partial charge in [0, 0.05) is 266 Å². The van der Waals surface area contributed by atoms with E-state index in [4.69, 9.17) is 19.9 Å². The number of ketones is 2. The number of nitrogens with two attached hydrogens (primary N) is 1. The Morgan fingerprint density at radius 2 is 0.803 bits per heavy atom. The van der Waals surface area contributed by atoms with Gasteiger partial charge in [-0.05, 0) is 259 Å². The van der Waals surface area contributed by atoms with Crippen molar-refractivity contribution in [3.05, 3.63) is 343 Å². The maximum absolute atomic E-state index is 13.3. The van der Waals surface area contributed by atoms with Crippen molar-refractivity contribution in [2.45, 2.75) is 222 Å². The molecule has 9 aromatic heterocycles. The number of fused-ring (bicyclic) bond motifs is 15. The second kappa shape index (κ2) is 43.9. The number of hydrogen-bond acceptors (Lipinski definition) is 17. The first-order valence-corrected chi connectivity index (χ1v) is 50.0. The fourth-order valence-corrected chi connectivity index (χ4v) is 21.6. The summed E-state index contributed by atoms with van der Waals surface area (Å²) in [6.07, 6.45) is 18.1. The van der Waals surface area contributed by atoms with E-state index in [1.165, 1.54) is 152 Å². The molecule has 0 bridgehead atoms. The van der Waals surface area contributed by atoms with Gasteiger partial charge in [-0.1, -0.05) is 102 Å². The standard InChI is InChI=1S/C26H31N3O3.C25H31N3O2.C24H29N3O2.C22H24FN3O.C21H25N3/c1-17-6-9-23-21(12-17)22-15-28(5)11-10-24(22)29(23)16-26(4,32-25(31)13-19(3)30)20-8-7-18(2)27-14-20;1-18-7-8-23-21(14-18)22-16-27(4)12-9-24(22)28(23)17-25(3,30-13-10-19(2)29)20-6-5-11-26-15-20;1-17-7-8-22-20(12-17)21-14-26(4)11-9-23(21)27(22)16-24(3,29-15-18(2)28)19-6-5-10-25-13-19;1-14-3-8-20-17(11-14)19-12-25(2)10-9-21(19)26(20)13-18(22(24)27)15-4-6-16(23)7-5-15;1-15-4-5-20-18(12-15)19-14-23(3)11-8-21(19)24(20)13-16(2)17-6-9-22-10-7-17/h6-9,12,14H,10-11,13,15-16H2,1-5H3;5-8,11,14-15,29H,2,9-10,12-13,16-17H2,1,3-4H3;5-8,10,12-13H,9,11,14-16H2,1-4H3;3-8,11,18H,9-10,12-13H2,1-2H3,(H2,24,27);4-7,9-10,12,16H,8,11,13-14H2,1-3H3. The normalized spacial score (nSPS) is 16.2. The minimum atomic E-state index is -0.957. The topological polar surface area (TPSA) is 235 Å². The van der Waals surface area contributed by atoms with Crippen molar-refractivity contribution in [1.82, 2.24) is 67.3 Å². The number of amides is 1. The number of aryl methyl sites for hydroxylation is 6. The number of primary amides is 1. The van der Waals surface area contributed by atoms with Crippen molar-refractivity contribution in [3.63, 3.8) is 0 Å².